The summed E-state index contributed by atoms with van der Waals surface area (Å²) in [6.45, 7) is 1.53. The van der Waals surface area contributed by atoms with Gasteiger partial charge in [0.2, 0.25) is 0 Å². The number of nitrogens with zero attached hydrogens (tertiary/aromatic N) is 2. The summed E-state index contributed by atoms with van der Waals surface area (Å²) in [6.07, 6.45) is 5.18. The Morgan fingerprint density at radius 1 is 1.19 bits per heavy atom. The largest absolute Gasteiger partial charge is 1.00 e. The highest BCUT2D eigenvalue weighted by Gasteiger charge is 2.32. The highest BCUT2D eigenvalue weighted by Crippen LogP contribution is 2.50. The van der Waals surface area contributed by atoms with E-state index in [-0.39, 0.29) is 34.0 Å². The van der Waals surface area contributed by atoms with E-state index in [0.29, 0.717) is 5.69 Å². The molecule has 2 aromatic rings. The van der Waals surface area contributed by atoms with Gasteiger partial charge in [-0.15, -0.1) is 17.0 Å². The first-order valence-electron chi connectivity index (χ1n) is 5.85. The van der Waals surface area contributed by atoms with Gasteiger partial charge in [0.05, 0.1) is 0 Å². The van der Waals surface area contributed by atoms with E-state index in [1.165, 1.54) is 6.92 Å². The molecule has 0 fully saturated rings. The van der Waals surface area contributed by atoms with Gasteiger partial charge < -0.3 is 26.8 Å². The molecule has 0 amide bonds. The van der Waals surface area contributed by atoms with Crippen molar-refractivity contribution in [3.8, 4) is 11.1 Å². The lowest BCUT2D eigenvalue weighted by Crippen LogP contribution is -3.00. The molecule has 0 aromatic carbocycles. The Bertz CT molecular complexity index is 635. The summed E-state index contributed by atoms with van der Waals surface area (Å²) < 4.78 is 13.1. The fourth-order valence-electron chi connectivity index (χ4n) is 1.90. The summed E-state index contributed by atoms with van der Waals surface area (Å²) in [5.74, 6) is 0. The summed E-state index contributed by atoms with van der Waals surface area (Å²) in [5.41, 5.74) is 1.65. The Hall–Kier alpha value is -0.590. The molecule has 0 bridgehead atoms. The van der Waals surface area contributed by atoms with E-state index in [1.807, 2.05) is 18.2 Å². The van der Waals surface area contributed by atoms with Gasteiger partial charge in [-0.2, -0.15) is 0 Å². The molecule has 2 heterocycles. The lowest BCUT2D eigenvalue weighted by molar-refractivity contribution is -0.679. The Balaban J connectivity index is 0.00000200. The van der Waals surface area contributed by atoms with Crippen LogP contribution in [0.1, 0.15) is 18.3 Å². The SMILES string of the molecule is Br.CC(c1cc(-c2ccncc2)cc[n+]1C)P(=O)(O)O.[Br-]. The number of rotatable bonds is 3. The van der Waals surface area contributed by atoms with Crippen molar-refractivity contribution in [3.05, 3.63) is 48.5 Å². The highest BCUT2D eigenvalue weighted by molar-refractivity contribution is 8.93. The lowest BCUT2D eigenvalue weighted by atomic mass is 10.1. The van der Waals surface area contributed by atoms with Crippen LogP contribution in [0, 0.1) is 0 Å². The van der Waals surface area contributed by atoms with Gasteiger partial charge in [0.25, 0.3) is 0 Å². The molecule has 0 saturated carbocycles. The summed E-state index contributed by atoms with van der Waals surface area (Å²) in [7, 11) is -2.37. The van der Waals surface area contributed by atoms with Gasteiger partial charge in [-0.1, -0.05) is 0 Å². The molecule has 5 nitrogen and oxygen atoms in total. The molecule has 0 saturated heterocycles. The molecule has 2 aromatic heterocycles. The van der Waals surface area contributed by atoms with Crippen LogP contribution >= 0.6 is 24.6 Å². The molecule has 0 aliphatic heterocycles. The third kappa shape index (κ3) is 4.97. The van der Waals surface area contributed by atoms with Crippen LogP contribution in [0.5, 0.6) is 0 Å². The molecule has 1 atom stereocenters. The van der Waals surface area contributed by atoms with E-state index in [1.54, 1.807) is 36.3 Å². The van der Waals surface area contributed by atoms with Gasteiger partial charge in [0.1, 0.15) is 12.7 Å². The minimum atomic E-state index is -4.15. The van der Waals surface area contributed by atoms with Crippen LogP contribution in [0.3, 0.4) is 0 Å². The van der Waals surface area contributed by atoms with Crippen molar-refractivity contribution >= 4 is 24.6 Å². The smallest absolute Gasteiger partial charge is 0.338 e. The predicted octanol–water partition coefficient (Wildman–Crippen LogP) is -0.606. The van der Waals surface area contributed by atoms with Crippen molar-refractivity contribution in [1.29, 1.82) is 0 Å². The van der Waals surface area contributed by atoms with Gasteiger partial charge in [0, 0.05) is 24.5 Å². The van der Waals surface area contributed by atoms with Crippen molar-refractivity contribution in [2.75, 3.05) is 0 Å². The monoisotopic (exact) mass is 438 g/mol. The zero-order valence-electron chi connectivity index (χ0n) is 11.5. The first-order chi connectivity index (χ1) is 8.89. The number of hydrogen-bond acceptors (Lipinski definition) is 2. The molecule has 21 heavy (non-hydrogen) atoms. The van der Waals surface area contributed by atoms with Crippen molar-refractivity contribution in [2.45, 2.75) is 12.6 Å². The summed E-state index contributed by atoms with van der Waals surface area (Å²) >= 11 is 0. The lowest BCUT2D eigenvalue weighted by Gasteiger charge is -2.12. The Morgan fingerprint density at radius 2 is 1.76 bits per heavy atom. The van der Waals surface area contributed by atoms with Crippen LogP contribution in [-0.4, -0.2) is 14.8 Å². The average molecular weight is 440 g/mol. The Morgan fingerprint density at radius 3 is 2.29 bits per heavy atom. The molecule has 1 unspecified atom stereocenters. The second-order valence-electron chi connectivity index (χ2n) is 4.45. The average Bonchev–Trinajstić information content (AvgIpc) is 2.38. The number of pyridine rings is 2. The minimum absolute atomic E-state index is 0. The summed E-state index contributed by atoms with van der Waals surface area (Å²) in [4.78, 5) is 22.6. The van der Waals surface area contributed by atoms with E-state index in [0.717, 1.165) is 11.1 Å². The fraction of sp³-hybridized carbons (Fsp3) is 0.231. The molecular weight excluding hydrogens is 423 g/mol. The molecule has 2 N–H and O–H groups in total. The molecule has 0 spiro atoms. The minimum Gasteiger partial charge on any atom is -1.00 e. The molecule has 116 valence electrons. The summed E-state index contributed by atoms with van der Waals surface area (Å²) in [6, 6.07) is 7.44. The van der Waals surface area contributed by atoms with Crippen LogP contribution < -0.4 is 21.5 Å². The van der Waals surface area contributed by atoms with Crippen LogP contribution in [-0.2, 0) is 11.6 Å². The third-order valence-electron chi connectivity index (χ3n) is 3.13. The van der Waals surface area contributed by atoms with Crippen LogP contribution in [0.4, 0.5) is 0 Å². The van der Waals surface area contributed by atoms with Crippen LogP contribution in [0.15, 0.2) is 42.9 Å². The molecule has 2 rings (SSSR count). The van der Waals surface area contributed by atoms with E-state index in [4.69, 9.17) is 0 Å². The van der Waals surface area contributed by atoms with E-state index in [2.05, 4.69) is 4.98 Å². The van der Waals surface area contributed by atoms with Crippen molar-refractivity contribution in [3.63, 3.8) is 0 Å². The quantitative estimate of drug-likeness (QED) is 0.494. The van der Waals surface area contributed by atoms with Crippen molar-refractivity contribution in [2.24, 2.45) is 7.05 Å². The normalized spacial score (nSPS) is 12.0. The number of hydrogen-bond donors (Lipinski definition) is 2. The zero-order chi connectivity index (χ0) is 14.0. The maximum atomic E-state index is 11.4. The topological polar surface area (TPSA) is 74.3 Å². The maximum Gasteiger partial charge on any atom is 0.338 e. The molecule has 0 aliphatic carbocycles. The second kappa shape index (κ2) is 8.15. The molecular formula is C13H17Br2N2O3P. The standard InChI is InChI=1S/C13H15N2O3P.2BrH/c1-10(19(16,17)18)13-9-12(5-8-15(13)2)11-3-6-14-7-4-11;;/h3-10H,1-2H3,(H-,16,17,18);2*1H. The van der Waals surface area contributed by atoms with Gasteiger partial charge in [-0.05, 0) is 30.2 Å². The first kappa shape index (κ1) is 20.4. The molecule has 0 aliphatic rings. The number of aromatic nitrogens is 2. The van der Waals surface area contributed by atoms with Gasteiger partial charge in [-0.25, -0.2) is 4.57 Å². The van der Waals surface area contributed by atoms with Gasteiger partial charge in [0.15, 0.2) is 11.9 Å². The van der Waals surface area contributed by atoms with E-state index >= 15 is 0 Å². The number of halogens is 2. The molecule has 0 radical (unpaired) electrons. The van der Waals surface area contributed by atoms with Gasteiger partial charge in [-0.3, -0.25) is 9.55 Å². The van der Waals surface area contributed by atoms with Crippen LogP contribution in [0.25, 0.3) is 11.1 Å². The van der Waals surface area contributed by atoms with Gasteiger partial charge >= 0.3 is 7.60 Å². The molecule has 8 heteroatoms. The van der Waals surface area contributed by atoms with E-state index in [9.17, 15) is 14.4 Å². The summed E-state index contributed by atoms with van der Waals surface area (Å²) in [5, 5.41) is 0. The van der Waals surface area contributed by atoms with E-state index < -0.39 is 13.3 Å². The Labute approximate surface area is 144 Å². The zero-order valence-corrected chi connectivity index (χ0v) is 15.7. The van der Waals surface area contributed by atoms with Crippen LogP contribution in [0.2, 0.25) is 0 Å². The fourth-order valence-corrected chi connectivity index (χ4v) is 2.50. The third-order valence-corrected chi connectivity index (χ3v) is 4.41. The van der Waals surface area contributed by atoms with Crippen molar-refractivity contribution in [1.82, 2.24) is 4.98 Å². The Kier molecular flexibility index (Phi) is 7.92. The van der Waals surface area contributed by atoms with Crippen molar-refractivity contribution < 1.29 is 35.9 Å². The second-order valence-corrected chi connectivity index (χ2v) is 6.40. The predicted molar refractivity (Wildman–Crippen MR) is 81.6 cm³/mol. The highest BCUT2D eigenvalue weighted by atomic mass is 79.9. The maximum absolute atomic E-state index is 11.4. The number of aryl methyl sites for hydroxylation is 1. The first-order valence-corrected chi connectivity index (χ1v) is 7.53.